The van der Waals surface area contributed by atoms with Gasteiger partial charge in [-0.1, -0.05) is 48.7 Å². The van der Waals surface area contributed by atoms with Crippen LogP contribution in [0.1, 0.15) is 38.5 Å². The maximum atomic E-state index is 12.7. The molecule has 2 aliphatic rings. The lowest BCUT2D eigenvalue weighted by atomic mass is 9.98. The van der Waals surface area contributed by atoms with Crippen molar-refractivity contribution >= 4 is 35.1 Å². The van der Waals surface area contributed by atoms with Gasteiger partial charge in [0.05, 0.1) is 10.7 Å². The van der Waals surface area contributed by atoms with Gasteiger partial charge in [0.1, 0.15) is 11.3 Å². The Hall–Kier alpha value is -3.06. The number of anilines is 1. The van der Waals surface area contributed by atoms with Crippen LogP contribution >= 0.6 is 11.6 Å². The molecule has 1 spiro atoms. The van der Waals surface area contributed by atoms with Gasteiger partial charge in [-0.25, -0.2) is 4.79 Å². The molecule has 1 aliphatic carbocycles. The van der Waals surface area contributed by atoms with Gasteiger partial charge in [-0.3, -0.25) is 14.5 Å². The van der Waals surface area contributed by atoms with Crippen LogP contribution < -0.4 is 15.4 Å². The lowest BCUT2D eigenvalue weighted by Gasteiger charge is -2.20. The van der Waals surface area contributed by atoms with Crippen LogP contribution in [0.5, 0.6) is 11.5 Å². The fourth-order valence-electron chi connectivity index (χ4n) is 4.11. The summed E-state index contributed by atoms with van der Waals surface area (Å²) in [5.74, 6) is 0.582. The number of amides is 4. The van der Waals surface area contributed by atoms with E-state index in [4.69, 9.17) is 16.3 Å². The molecule has 1 saturated heterocycles. The molecule has 2 aromatic carbocycles. The molecule has 2 N–H and O–H groups in total. The van der Waals surface area contributed by atoms with Crippen molar-refractivity contribution < 1.29 is 19.1 Å². The second kappa shape index (κ2) is 8.98. The number of rotatable bonds is 7. The summed E-state index contributed by atoms with van der Waals surface area (Å²) in [6.45, 7) is 0.220. The maximum absolute atomic E-state index is 12.7. The number of carbonyl (C=O) groups is 3. The highest BCUT2D eigenvalue weighted by molar-refractivity contribution is 6.32. The minimum absolute atomic E-state index is 0.158. The number of para-hydroxylation sites is 3. The Morgan fingerprint density at radius 3 is 2.48 bits per heavy atom. The van der Waals surface area contributed by atoms with E-state index in [2.05, 4.69) is 10.6 Å². The predicted octanol–water partition coefficient (Wildman–Crippen LogP) is 4.72. The molecule has 8 heteroatoms. The molecular formula is C23H24ClN3O4. The molecule has 2 aromatic rings. The van der Waals surface area contributed by atoms with Crippen LogP contribution in [0.3, 0.4) is 0 Å². The van der Waals surface area contributed by atoms with Crippen LogP contribution in [-0.2, 0) is 9.59 Å². The summed E-state index contributed by atoms with van der Waals surface area (Å²) in [5, 5.41) is 6.16. The van der Waals surface area contributed by atoms with Crippen LogP contribution in [0.15, 0.2) is 48.5 Å². The maximum Gasteiger partial charge on any atom is 0.325 e. The number of hydrogen-bond acceptors (Lipinski definition) is 4. The van der Waals surface area contributed by atoms with Gasteiger partial charge in [0.25, 0.3) is 5.91 Å². The first-order valence-electron chi connectivity index (χ1n) is 10.4. The second-order valence-electron chi connectivity index (χ2n) is 7.86. The molecule has 31 heavy (non-hydrogen) atoms. The SMILES string of the molecule is O=C(CCCN1C(=O)NC2(CCCC2)C1=O)Nc1ccccc1Oc1ccccc1Cl. The Morgan fingerprint density at radius 2 is 1.74 bits per heavy atom. The first-order chi connectivity index (χ1) is 15.0. The summed E-state index contributed by atoms with van der Waals surface area (Å²) in [5.41, 5.74) is -0.193. The third-order valence-electron chi connectivity index (χ3n) is 5.71. The van der Waals surface area contributed by atoms with Crippen molar-refractivity contribution in [3.8, 4) is 11.5 Å². The Balaban J connectivity index is 1.32. The van der Waals surface area contributed by atoms with Gasteiger partial charge < -0.3 is 15.4 Å². The third-order valence-corrected chi connectivity index (χ3v) is 6.02. The molecule has 1 heterocycles. The van der Waals surface area contributed by atoms with E-state index in [9.17, 15) is 14.4 Å². The summed E-state index contributed by atoms with van der Waals surface area (Å²) < 4.78 is 5.86. The van der Waals surface area contributed by atoms with Gasteiger partial charge in [-0.2, -0.15) is 0 Å². The van der Waals surface area contributed by atoms with Crippen molar-refractivity contribution in [1.82, 2.24) is 10.2 Å². The summed E-state index contributed by atoms with van der Waals surface area (Å²) >= 11 is 6.15. The van der Waals surface area contributed by atoms with Crippen LogP contribution in [0.25, 0.3) is 0 Å². The number of urea groups is 1. The Morgan fingerprint density at radius 1 is 1.06 bits per heavy atom. The molecule has 0 unspecified atom stereocenters. The Labute approximate surface area is 185 Å². The third kappa shape index (κ3) is 4.51. The van der Waals surface area contributed by atoms with Gasteiger partial charge in [0.15, 0.2) is 5.75 Å². The largest absolute Gasteiger partial charge is 0.454 e. The Kier molecular flexibility index (Phi) is 6.13. The second-order valence-corrected chi connectivity index (χ2v) is 8.26. The molecule has 0 atom stereocenters. The Bertz CT molecular complexity index is 1000. The van der Waals surface area contributed by atoms with Gasteiger partial charge in [0.2, 0.25) is 5.91 Å². The number of nitrogens with zero attached hydrogens (tertiary/aromatic N) is 1. The van der Waals surface area contributed by atoms with E-state index in [1.54, 1.807) is 36.4 Å². The van der Waals surface area contributed by atoms with Crippen molar-refractivity contribution in [2.75, 3.05) is 11.9 Å². The molecule has 1 saturated carbocycles. The molecule has 162 valence electrons. The lowest BCUT2D eigenvalue weighted by molar-refractivity contribution is -0.131. The van der Waals surface area contributed by atoms with Gasteiger partial charge in [-0.05, 0) is 43.5 Å². The number of nitrogens with one attached hydrogen (secondary N) is 2. The fraction of sp³-hybridized carbons (Fsp3) is 0.348. The zero-order chi connectivity index (χ0) is 21.8. The molecule has 4 amide bonds. The molecule has 7 nitrogen and oxygen atoms in total. The van der Waals surface area contributed by atoms with Crippen molar-refractivity contribution in [2.45, 2.75) is 44.1 Å². The minimum Gasteiger partial charge on any atom is -0.454 e. The number of imide groups is 1. The van der Waals surface area contributed by atoms with E-state index < -0.39 is 5.54 Å². The van der Waals surface area contributed by atoms with E-state index in [1.165, 1.54) is 4.90 Å². The highest BCUT2D eigenvalue weighted by Crippen LogP contribution is 2.35. The van der Waals surface area contributed by atoms with E-state index >= 15 is 0 Å². The van der Waals surface area contributed by atoms with Crippen LogP contribution in [-0.4, -0.2) is 34.8 Å². The van der Waals surface area contributed by atoms with Crippen molar-refractivity contribution in [3.63, 3.8) is 0 Å². The van der Waals surface area contributed by atoms with Crippen molar-refractivity contribution in [2.24, 2.45) is 0 Å². The molecule has 0 bridgehead atoms. The topological polar surface area (TPSA) is 87.7 Å². The number of ether oxygens (including phenoxy) is 1. The summed E-state index contributed by atoms with van der Waals surface area (Å²) in [4.78, 5) is 38.6. The van der Waals surface area contributed by atoms with E-state index in [0.717, 1.165) is 12.8 Å². The zero-order valence-electron chi connectivity index (χ0n) is 17.0. The summed E-state index contributed by atoms with van der Waals surface area (Å²) in [7, 11) is 0. The molecule has 2 fully saturated rings. The lowest BCUT2D eigenvalue weighted by Crippen LogP contribution is -2.44. The number of halogens is 1. The van der Waals surface area contributed by atoms with E-state index in [1.807, 2.05) is 12.1 Å². The molecular weight excluding hydrogens is 418 g/mol. The standard InChI is InChI=1S/C23H24ClN3O4/c24-16-8-1-3-10-18(16)31-19-11-4-2-9-17(19)25-20(28)12-7-15-27-21(29)23(26-22(27)30)13-5-6-14-23/h1-4,8-11H,5-7,12-15H2,(H,25,28)(H,26,30). The molecule has 0 aromatic heterocycles. The normalized spacial score (nSPS) is 17.1. The number of hydrogen-bond donors (Lipinski definition) is 2. The zero-order valence-corrected chi connectivity index (χ0v) is 17.8. The average molecular weight is 442 g/mol. The summed E-state index contributed by atoms with van der Waals surface area (Å²) in [6, 6.07) is 13.8. The predicted molar refractivity (Wildman–Crippen MR) is 117 cm³/mol. The molecule has 0 radical (unpaired) electrons. The van der Waals surface area contributed by atoms with Gasteiger partial charge in [0, 0.05) is 13.0 Å². The van der Waals surface area contributed by atoms with Crippen LogP contribution in [0.4, 0.5) is 10.5 Å². The van der Waals surface area contributed by atoms with Crippen molar-refractivity contribution in [3.05, 3.63) is 53.6 Å². The molecule has 4 rings (SSSR count). The van der Waals surface area contributed by atoms with Crippen molar-refractivity contribution in [1.29, 1.82) is 0 Å². The van der Waals surface area contributed by atoms with E-state index in [-0.39, 0.29) is 30.8 Å². The first kappa shape index (κ1) is 21.2. The average Bonchev–Trinajstić information content (AvgIpc) is 3.31. The first-order valence-corrected chi connectivity index (χ1v) is 10.8. The van der Waals surface area contributed by atoms with Crippen LogP contribution in [0, 0.1) is 0 Å². The highest BCUT2D eigenvalue weighted by Gasteiger charge is 2.52. The minimum atomic E-state index is -0.714. The highest BCUT2D eigenvalue weighted by atomic mass is 35.5. The van der Waals surface area contributed by atoms with Gasteiger partial charge in [-0.15, -0.1) is 0 Å². The summed E-state index contributed by atoms with van der Waals surface area (Å²) in [6.07, 6.45) is 3.82. The number of carbonyl (C=O) groups excluding carboxylic acids is 3. The monoisotopic (exact) mass is 441 g/mol. The van der Waals surface area contributed by atoms with Crippen LogP contribution in [0.2, 0.25) is 5.02 Å². The quantitative estimate of drug-likeness (QED) is 0.609. The van der Waals surface area contributed by atoms with E-state index in [0.29, 0.717) is 41.5 Å². The molecule has 1 aliphatic heterocycles. The fourth-order valence-corrected chi connectivity index (χ4v) is 4.29. The number of benzene rings is 2. The smallest absolute Gasteiger partial charge is 0.325 e. The van der Waals surface area contributed by atoms with Gasteiger partial charge >= 0.3 is 6.03 Å².